The molecule has 0 bridgehead atoms. The number of nitrogens with one attached hydrogen (secondary N) is 2. The van der Waals surface area contributed by atoms with Gasteiger partial charge in [-0.05, 0) is 85.8 Å². The molecule has 12 heteroatoms. The third kappa shape index (κ3) is 7.59. The molecule has 1 atom stereocenters. The van der Waals surface area contributed by atoms with Crippen LogP contribution in [0.4, 0.5) is 0 Å². The maximum atomic E-state index is 14.7. The molecule has 2 heterocycles. The summed E-state index contributed by atoms with van der Waals surface area (Å²) in [4.78, 5) is 36.8. The van der Waals surface area contributed by atoms with Crippen LogP contribution in [0.15, 0.2) is 47.5 Å². The van der Waals surface area contributed by atoms with Crippen LogP contribution in [0, 0.1) is 22.2 Å². The summed E-state index contributed by atoms with van der Waals surface area (Å²) in [5.74, 6) is 0.419. The minimum absolute atomic E-state index is 0.0256. The first-order valence-corrected chi connectivity index (χ1v) is 16.9. The van der Waals surface area contributed by atoms with Gasteiger partial charge < -0.3 is 15.2 Å². The number of carbonyl (C=O) groups is 2. The molecule has 5 rings (SSSR count). The fourth-order valence-corrected chi connectivity index (χ4v) is 7.36. The van der Waals surface area contributed by atoms with Crippen molar-refractivity contribution in [1.82, 2.24) is 30.4 Å². The molecular formula is C35H44Cl2N8O2. The number of aromatic amines is 1. The molecule has 1 fully saturated rings. The van der Waals surface area contributed by atoms with Gasteiger partial charge in [-0.3, -0.25) is 14.6 Å². The molecule has 2 amide bonds. The molecule has 2 aliphatic rings. The van der Waals surface area contributed by atoms with Crippen molar-refractivity contribution in [3.8, 4) is 0 Å². The van der Waals surface area contributed by atoms with Crippen molar-refractivity contribution in [3.05, 3.63) is 75.0 Å². The van der Waals surface area contributed by atoms with Gasteiger partial charge in [0, 0.05) is 39.8 Å². The topological polar surface area (TPSA) is 131 Å². The van der Waals surface area contributed by atoms with Crippen LogP contribution in [0.5, 0.6) is 0 Å². The quantitative estimate of drug-likeness (QED) is 0.214. The Morgan fingerprint density at radius 2 is 1.74 bits per heavy atom. The normalized spacial score (nSPS) is 20.8. The standard InChI is InChI=1S/C35H44Cl2N8O2/c1-33(2,3)14-13-28(22-7-9-23(10-8-22)31(46)44(6)20-29-40-42-43-41-29)45-32(47)30(24-17-26(36)19-27(37)18-24)39-35(45)15-11-25(12-16-35)34(4,5)21-38/h7-10,17-19,21,25,28,38H,11-16,20H2,1-6H3,(H,40,41,42,43)/t25?,28-,35?/m1/s1. The number of hydrogen-bond acceptors (Lipinski definition) is 7. The van der Waals surface area contributed by atoms with E-state index >= 15 is 0 Å². The Hall–Kier alpha value is -3.63. The van der Waals surface area contributed by atoms with Crippen molar-refractivity contribution in [3.63, 3.8) is 0 Å². The van der Waals surface area contributed by atoms with Crippen LogP contribution in [0.25, 0.3) is 0 Å². The number of aromatic nitrogens is 4. The molecule has 10 nitrogen and oxygen atoms in total. The largest absolute Gasteiger partial charge is 0.334 e. The number of hydrogen-bond donors (Lipinski definition) is 2. The summed E-state index contributed by atoms with van der Waals surface area (Å²) in [6.07, 6.45) is 6.18. The Bertz CT molecular complexity index is 1620. The van der Waals surface area contributed by atoms with Gasteiger partial charge in [0.15, 0.2) is 5.82 Å². The number of carbonyl (C=O) groups excluding carboxylic acids is 2. The number of nitrogens with zero attached hydrogens (tertiary/aromatic N) is 6. The Balaban J connectivity index is 1.53. The Morgan fingerprint density at radius 3 is 2.30 bits per heavy atom. The van der Waals surface area contributed by atoms with Gasteiger partial charge in [-0.25, -0.2) is 0 Å². The second-order valence-corrected chi connectivity index (χ2v) is 15.6. The summed E-state index contributed by atoms with van der Waals surface area (Å²) in [5.41, 5.74) is 1.48. The third-order valence-corrected chi connectivity index (χ3v) is 10.1. The van der Waals surface area contributed by atoms with E-state index < -0.39 is 5.66 Å². The summed E-state index contributed by atoms with van der Waals surface area (Å²) in [6.45, 7) is 11.0. The molecule has 1 aliphatic carbocycles. The number of amides is 2. The van der Waals surface area contributed by atoms with E-state index in [0.717, 1.165) is 31.2 Å². The molecule has 0 saturated heterocycles. The monoisotopic (exact) mass is 678 g/mol. The minimum atomic E-state index is -0.752. The van der Waals surface area contributed by atoms with Gasteiger partial charge in [0.05, 0.1) is 12.6 Å². The lowest BCUT2D eigenvalue weighted by atomic mass is 9.68. The number of rotatable bonds is 10. The summed E-state index contributed by atoms with van der Waals surface area (Å²) in [5, 5.41) is 22.8. The van der Waals surface area contributed by atoms with Gasteiger partial charge in [0.1, 0.15) is 11.4 Å². The van der Waals surface area contributed by atoms with Gasteiger partial charge in [-0.15, -0.1) is 10.2 Å². The summed E-state index contributed by atoms with van der Waals surface area (Å²) in [7, 11) is 1.70. The van der Waals surface area contributed by atoms with Crippen LogP contribution in [0.3, 0.4) is 0 Å². The number of halogens is 2. The fraction of sp³-hybridized carbons (Fsp3) is 0.514. The molecule has 1 aliphatic heterocycles. The van der Waals surface area contributed by atoms with E-state index in [1.807, 2.05) is 29.2 Å². The van der Waals surface area contributed by atoms with E-state index in [1.165, 1.54) is 0 Å². The van der Waals surface area contributed by atoms with Crippen LogP contribution < -0.4 is 0 Å². The number of H-pyrrole nitrogens is 1. The van der Waals surface area contributed by atoms with Crippen LogP contribution in [-0.2, 0) is 11.3 Å². The molecule has 250 valence electrons. The van der Waals surface area contributed by atoms with Crippen LogP contribution in [0.2, 0.25) is 10.0 Å². The Labute approximate surface area is 286 Å². The van der Waals surface area contributed by atoms with Crippen molar-refractivity contribution >= 4 is 46.9 Å². The highest BCUT2D eigenvalue weighted by molar-refractivity contribution is 6.47. The lowest BCUT2D eigenvalue weighted by Gasteiger charge is -2.47. The van der Waals surface area contributed by atoms with Gasteiger partial charge in [0.2, 0.25) is 0 Å². The summed E-state index contributed by atoms with van der Waals surface area (Å²) >= 11 is 12.8. The lowest BCUT2D eigenvalue weighted by Crippen LogP contribution is -2.51. The van der Waals surface area contributed by atoms with Gasteiger partial charge in [-0.2, -0.15) is 5.21 Å². The molecule has 1 saturated carbocycles. The van der Waals surface area contributed by atoms with Crippen molar-refractivity contribution in [2.45, 2.75) is 91.4 Å². The lowest BCUT2D eigenvalue weighted by molar-refractivity contribution is -0.133. The maximum absolute atomic E-state index is 14.7. The van der Waals surface area contributed by atoms with E-state index in [2.05, 4.69) is 55.2 Å². The Kier molecular flexibility index (Phi) is 9.94. The highest BCUT2D eigenvalue weighted by Crippen LogP contribution is 2.50. The van der Waals surface area contributed by atoms with Crippen LogP contribution in [-0.4, -0.2) is 66.9 Å². The maximum Gasteiger partial charge on any atom is 0.275 e. The zero-order chi connectivity index (χ0) is 34.1. The van der Waals surface area contributed by atoms with E-state index in [9.17, 15) is 9.59 Å². The SMILES string of the molecule is CN(Cc1nn[nH]n1)C(=O)c1ccc([C@@H](CCC(C)(C)C)N2C(=O)C(c3cc(Cl)cc(Cl)c3)=NC23CCC(C(C)(C)C=N)CC3)cc1. The first kappa shape index (κ1) is 34.7. The summed E-state index contributed by atoms with van der Waals surface area (Å²) in [6, 6.07) is 12.4. The van der Waals surface area contributed by atoms with Crippen LogP contribution >= 0.6 is 23.2 Å². The van der Waals surface area contributed by atoms with E-state index in [4.69, 9.17) is 33.6 Å². The fourth-order valence-electron chi connectivity index (χ4n) is 6.83. The Morgan fingerprint density at radius 1 is 1.11 bits per heavy atom. The van der Waals surface area contributed by atoms with E-state index in [1.54, 1.807) is 36.4 Å². The van der Waals surface area contributed by atoms with Gasteiger partial charge >= 0.3 is 0 Å². The zero-order valence-corrected chi connectivity index (χ0v) is 29.5. The first-order valence-electron chi connectivity index (χ1n) is 16.1. The van der Waals surface area contributed by atoms with Gasteiger partial charge in [-0.1, -0.05) is 75.2 Å². The molecule has 3 aromatic rings. The summed E-state index contributed by atoms with van der Waals surface area (Å²) < 4.78 is 0. The van der Waals surface area contributed by atoms with Gasteiger partial charge in [0.25, 0.3) is 11.8 Å². The van der Waals surface area contributed by atoms with Crippen molar-refractivity contribution in [1.29, 1.82) is 5.41 Å². The second kappa shape index (κ2) is 13.5. The minimum Gasteiger partial charge on any atom is -0.334 e. The predicted octanol–water partition coefficient (Wildman–Crippen LogP) is 7.54. The van der Waals surface area contributed by atoms with E-state index in [0.29, 0.717) is 51.5 Å². The molecule has 0 radical (unpaired) electrons. The highest BCUT2D eigenvalue weighted by atomic mass is 35.5. The zero-order valence-electron chi connectivity index (χ0n) is 28.0. The second-order valence-electron chi connectivity index (χ2n) is 14.7. The average molecular weight is 680 g/mol. The van der Waals surface area contributed by atoms with Crippen molar-refractivity contribution in [2.24, 2.45) is 21.7 Å². The van der Waals surface area contributed by atoms with Crippen molar-refractivity contribution < 1.29 is 9.59 Å². The molecule has 2 N–H and O–H groups in total. The number of tetrazole rings is 1. The highest BCUT2D eigenvalue weighted by Gasteiger charge is 2.53. The molecule has 1 spiro atoms. The predicted molar refractivity (Wildman–Crippen MR) is 185 cm³/mol. The molecule has 1 aromatic heterocycles. The van der Waals surface area contributed by atoms with Crippen LogP contribution in [0.1, 0.15) is 106 Å². The first-order chi connectivity index (χ1) is 22.1. The molecule has 0 unspecified atom stereocenters. The molecule has 2 aromatic carbocycles. The molecule has 47 heavy (non-hydrogen) atoms. The average Bonchev–Trinajstić information content (AvgIpc) is 3.62. The van der Waals surface area contributed by atoms with Crippen molar-refractivity contribution in [2.75, 3.05) is 7.05 Å². The smallest absolute Gasteiger partial charge is 0.275 e. The third-order valence-electron chi connectivity index (χ3n) is 9.67. The molecular weight excluding hydrogens is 635 g/mol. The number of benzene rings is 2. The number of aliphatic imine (C=N–C) groups is 1. The van der Waals surface area contributed by atoms with E-state index in [-0.39, 0.29) is 35.2 Å².